The zero-order valence-corrected chi connectivity index (χ0v) is 13.6. The molecule has 0 radical (unpaired) electrons. The highest BCUT2D eigenvalue weighted by Crippen LogP contribution is 2.22. The van der Waals surface area contributed by atoms with Crippen molar-refractivity contribution >= 4 is 11.9 Å². The molecule has 0 unspecified atom stereocenters. The maximum atomic E-state index is 12.2. The lowest BCUT2D eigenvalue weighted by atomic mass is 10.1. The maximum absolute atomic E-state index is 12.2. The first-order valence-electron chi connectivity index (χ1n) is 8.05. The van der Waals surface area contributed by atoms with Gasteiger partial charge in [0.15, 0.2) is 5.96 Å². The van der Waals surface area contributed by atoms with Gasteiger partial charge in [-0.15, -0.1) is 0 Å². The van der Waals surface area contributed by atoms with Crippen LogP contribution in [0.25, 0.3) is 0 Å². The summed E-state index contributed by atoms with van der Waals surface area (Å²) in [7, 11) is 0. The van der Waals surface area contributed by atoms with Crippen molar-refractivity contribution in [3.63, 3.8) is 0 Å². The fourth-order valence-corrected chi connectivity index (χ4v) is 2.74. The summed E-state index contributed by atoms with van der Waals surface area (Å²) < 4.78 is 0. The molecule has 120 valence electrons. The Kier molecular flexibility index (Phi) is 5.81. The average molecular weight is 302 g/mol. The van der Waals surface area contributed by atoms with E-state index in [1.807, 2.05) is 21.9 Å². The highest BCUT2D eigenvalue weighted by Gasteiger charge is 2.22. The van der Waals surface area contributed by atoms with Crippen LogP contribution >= 0.6 is 0 Å². The number of aliphatic imine (C=N–C) groups is 1. The third-order valence-electron chi connectivity index (χ3n) is 4.10. The van der Waals surface area contributed by atoms with Crippen LogP contribution in [0.1, 0.15) is 37.8 Å². The summed E-state index contributed by atoms with van der Waals surface area (Å²) in [5.41, 5.74) is 8.44. The average Bonchev–Trinajstić information content (AvgIpc) is 2.96. The molecule has 1 aromatic carbocycles. The minimum atomic E-state index is 0.202. The van der Waals surface area contributed by atoms with Gasteiger partial charge in [0.2, 0.25) is 5.91 Å². The predicted molar refractivity (Wildman–Crippen MR) is 89.3 cm³/mol. The molecule has 5 nitrogen and oxygen atoms in total. The molecule has 1 aliphatic heterocycles. The minimum absolute atomic E-state index is 0.202. The van der Waals surface area contributed by atoms with Gasteiger partial charge in [-0.1, -0.05) is 24.3 Å². The van der Waals surface area contributed by atoms with E-state index in [4.69, 9.17) is 5.73 Å². The largest absolute Gasteiger partial charge is 0.370 e. The lowest BCUT2D eigenvalue weighted by Gasteiger charge is -2.19. The molecule has 0 atom stereocenters. The van der Waals surface area contributed by atoms with Crippen molar-refractivity contribution in [2.75, 3.05) is 19.6 Å². The number of guanidine groups is 1. The Balaban J connectivity index is 1.74. The number of hydrogen-bond donors (Lipinski definition) is 1. The SMILES string of the molecule is CCN(CC)C(N)=NCCCC(=O)N1Cc2ccccc2C1. The maximum Gasteiger partial charge on any atom is 0.223 e. The van der Waals surface area contributed by atoms with E-state index in [-0.39, 0.29) is 5.91 Å². The van der Waals surface area contributed by atoms with Crippen molar-refractivity contribution in [1.82, 2.24) is 9.80 Å². The number of nitrogens with two attached hydrogens (primary N) is 1. The van der Waals surface area contributed by atoms with Gasteiger partial charge >= 0.3 is 0 Å². The van der Waals surface area contributed by atoms with Gasteiger partial charge in [0, 0.05) is 39.1 Å². The molecular formula is C17H26N4O. The first-order chi connectivity index (χ1) is 10.7. The lowest BCUT2D eigenvalue weighted by Crippen LogP contribution is -2.37. The topological polar surface area (TPSA) is 61.9 Å². The van der Waals surface area contributed by atoms with Gasteiger partial charge < -0.3 is 15.5 Å². The number of benzene rings is 1. The molecule has 0 aliphatic carbocycles. The molecule has 5 heteroatoms. The smallest absolute Gasteiger partial charge is 0.223 e. The molecule has 22 heavy (non-hydrogen) atoms. The molecule has 0 saturated carbocycles. The van der Waals surface area contributed by atoms with E-state index >= 15 is 0 Å². The fraction of sp³-hybridized carbons (Fsp3) is 0.529. The van der Waals surface area contributed by atoms with E-state index in [2.05, 4.69) is 31.0 Å². The number of carbonyl (C=O) groups is 1. The summed E-state index contributed by atoms with van der Waals surface area (Å²) in [6.07, 6.45) is 1.27. The molecule has 0 fully saturated rings. The summed E-state index contributed by atoms with van der Waals surface area (Å²) in [5, 5.41) is 0. The molecule has 0 bridgehead atoms. The zero-order valence-electron chi connectivity index (χ0n) is 13.6. The Morgan fingerprint density at radius 1 is 1.23 bits per heavy atom. The molecule has 1 aromatic rings. The van der Waals surface area contributed by atoms with Crippen molar-refractivity contribution in [1.29, 1.82) is 0 Å². The highest BCUT2D eigenvalue weighted by atomic mass is 16.2. The quantitative estimate of drug-likeness (QED) is 0.496. The van der Waals surface area contributed by atoms with Gasteiger partial charge in [-0.2, -0.15) is 0 Å². The Hall–Kier alpha value is -2.04. The van der Waals surface area contributed by atoms with Crippen molar-refractivity contribution in [2.45, 2.75) is 39.8 Å². The second-order valence-corrected chi connectivity index (χ2v) is 5.53. The normalized spacial score (nSPS) is 14.1. The number of nitrogens with zero attached hydrogens (tertiary/aromatic N) is 3. The molecular weight excluding hydrogens is 276 g/mol. The lowest BCUT2D eigenvalue weighted by molar-refractivity contribution is -0.131. The van der Waals surface area contributed by atoms with E-state index < -0.39 is 0 Å². The predicted octanol–water partition coefficient (Wildman–Crippen LogP) is 1.97. The van der Waals surface area contributed by atoms with Gasteiger partial charge in [0.1, 0.15) is 0 Å². The van der Waals surface area contributed by atoms with Crippen LogP contribution in [0.5, 0.6) is 0 Å². The summed E-state index contributed by atoms with van der Waals surface area (Å²) in [6.45, 7) is 7.91. The van der Waals surface area contributed by atoms with E-state index in [0.717, 1.165) is 32.6 Å². The van der Waals surface area contributed by atoms with Crippen LogP contribution in [0.3, 0.4) is 0 Å². The number of amides is 1. The van der Waals surface area contributed by atoms with Crippen molar-refractivity contribution in [2.24, 2.45) is 10.7 Å². The summed E-state index contributed by atoms with van der Waals surface area (Å²) in [6, 6.07) is 8.24. The van der Waals surface area contributed by atoms with Crippen LogP contribution in [-0.4, -0.2) is 41.3 Å². The fourth-order valence-electron chi connectivity index (χ4n) is 2.74. The van der Waals surface area contributed by atoms with Crippen LogP contribution in [0.4, 0.5) is 0 Å². The van der Waals surface area contributed by atoms with E-state index in [9.17, 15) is 4.79 Å². The highest BCUT2D eigenvalue weighted by molar-refractivity contribution is 5.78. The first kappa shape index (κ1) is 16.3. The molecule has 0 spiro atoms. The van der Waals surface area contributed by atoms with Gasteiger partial charge in [-0.25, -0.2) is 0 Å². The third kappa shape index (κ3) is 4.00. The second kappa shape index (κ2) is 7.82. The Morgan fingerprint density at radius 3 is 2.36 bits per heavy atom. The Bertz CT molecular complexity index is 512. The van der Waals surface area contributed by atoms with Gasteiger partial charge in [0.25, 0.3) is 0 Å². The molecule has 1 amide bonds. The minimum Gasteiger partial charge on any atom is -0.370 e. The van der Waals surface area contributed by atoms with Crippen molar-refractivity contribution in [3.05, 3.63) is 35.4 Å². The molecule has 1 heterocycles. The van der Waals surface area contributed by atoms with Crippen LogP contribution in [0.15, 0.2) is 29.3 Å². The monoisotopic (exact) mass is 302 g/mol. The van der Waals surface area contributed by atoms with Crippen LogP contribution < -0.4 is 5.73 Å². The van der Waals surface area contributed by atoms with Gasteiger partial charge in [0.05, 0.1) is 0 Å². The van der Waals surface area contributed by atoms with Crippen LogP contribution in [0, 0.1) is 0 Å². The second-order valence-electron chi connectivity index (χ2n) is 5.53. The number of carbonyl (C=O) groups excluding carboxylic acids is 1. The standard InChI is InChI=1S/C17H26N4O/c1-3-20(4-2)17(18)19-11-7-10-16(22)21-12-14-8-5-6-9-15(14)13-21/h5-6,8-9H,3-4,7,10-13H2,1-2H3,(H2,18,19). The number of fused-ring (bicyclic) bond motifs is 1. The molecule has 0 aromatic heterocycles. The third-order valence-corrected chi connectivity index (χ3v) is 4.10. The van der Waals surface area contributed by atoms with Crippen LogP contribution in [0.2, 0.25) is 0 Å². The summed E-state index contributed by atoms with van der Waals surface area (Å²) >= 11 is 0. The molecule has 2 rings (SSSR count). The van der Waals surface area contributed by atoms with Gasteiger partial charge in [-0.3, -0.25) is 9.79 Å². The van der Waals surface area contributed by atoms with E-state index in [0.29, 0.717) is 18.9 Å². The first-order valence-corrected chi connectivity index (χ1v) is 8.05. The zero-order chi connectivity index (χ0) is 15.9. The Labute approximate surface area is 132 Å². The van der Waals surface area contributed by atoms with Crippen molar-refractivity contribution < 1.29 is 4.79 Å². The van der Waals surface area contributed by atoms with Crippen LogP contribution in [-0.2, 0) is 17.9 Å². The molecule has 0 saturated heterocycles. The number of hydrogen-bond acceptors (Lipinski definition) is 2. The van der Waals surface area contributed by atoms with Crippen molar-refractivity contribution in [3.8, 4) is 0 Å². The Morgan fingerprint density at radius 2 is 1.82 bits per heavy atom. The number of rotatable bonds is 6. The molecule has 1 aliphatic rings. The van der Waals surface area contributed by atoms with Gasteiger partial charge in [-0.05, 0) is 31.4 Å². The summed E-state index contributed by atoms with van der Waals surface area (Å²) in [5.74, 6) is 0.777. The van der Waals surface area contributed by atoms with E-state index in [1.54, 1.807) is 0 Å². The van der Waals surface area contributed by atoms with E-state index in [1.165, 1.54) is 11.1 Å². The summed E-state index contributed by atoms with van der Waals surface area (Å²) in [4.78, 5) is 20.5. The molecule has 2 N–H and O–H groups in total.